The summed E-state index contributed by atoms with van der Waals surface area (Å²) in [6.45, 7) is 17.2. The van der Waals surface area contributed by atoms with E-state index in [0.29, 0.717) is 5.41 Å². The maximum absolute atomic E-state index is 2.60. The van der Waals surface area contributed by atoms with Crippen LogP contribution >= 0.6 is 0 Å². The fraction of sp³-hybridized carbons (Fsp3) is 1.00. The Kier molecular flexibility index (Phi) is 9.24. The van der Waals surface area contributed by atoms with Gasteiger partial charge in [-0.25, -0.2) is 0 Å². The molecule has 1 aliphatic carbocycles. The lowest BCUT2D eigenvalue weighted by Gasteiger charge is -2.54. The molecular weight excluding hydrogens is 276 g/mol. The third kappa shape index (κ3) is 6.09. The van der Waals surface area contributed by atoms with E-state index < -0.39 is 0 Å². The zero-order valence-corrected chi connectivity index (χ0v) is 17.5. The molecule has 0 spiro atoms. The third-order valence-electron chi connectivity index (χ3n) is 7.32. The highest BCUT2D eigenvalue weighted by atomic mass is 14.5. The van der Waals surface area contributed by atoms with Crippen LogP contribution in [0.4, 0.5) is 0 Å². The Hall–Kier alpha value is 0. The Morgan fingerprint density at radius 1 is 0.870 bits per heavy atom. The van der Waals surface area contributed by atoms with E-state index in [9.17, 15) is 0 Å². The highest BCUT2D eigenvalue weighted by Gasteiger charge is 2.47. The van der Waals surface area contributed by atoms with Crippen molar-refractivity contribution >= 4 is 0 Å². The Balaban J connectivity index is 2.34. The van der Waals surface area contributed by atoms with Crippen LogP contribution in [0.2, 0.25) is 0 Å². The van der Waals surface area contributed by atoms with Gasteiger partial charge in [0.15, 0.2) is 0 Å². The van der Waals surface area contributed by atoms with Crippen LogP contribution in [0, 0.1) is 35.0 Å². The van der Waals surface area contributed by atoms with Crippen molar-refractivity contribution in [3.05, 3.63) is 0 Å². The standard InChI is InChI=1S/C23H46/c1-8-13-18(4)14-11-12-15-20(6)22(10-3)23(7)16-21(17-23)19(5)9-2/h18-22H,8-17H2,1-7H3. The third-order valence-corrected chi connectivity index (χ3v) is 7.32. The minimum Gasteiger partial charge on any atom is -0.0654 e. The Morgan fingerprint density at radius 2 is 1.48 bits per heavy atom. The number of unbranched alkanes of at least 4 members (excludes halogenated alkanes) is 1. The van der Waals surface area contributed by atoms with Crippen LogP contribution in [0.1, 0.15) is 113 Å². The molecule has 0 radical (unpaired) electrons. The summed E-state index contributed by atoms with van der Waals surface area (Å²) in [7, 11) is 0. The van der Waals surface area contributed by atoms with E-state index in [2.05, 4.69) is 48.5 Å². The van der Waals surface area contributed by atoms with Crippen LogP contribution in [0.25, 0.3) is 0 Å². The molecule has 0 heteroatoms. The maximum Gasteiger partial charge on any atom is -0.0290 e. The van der Waals surface area contributed by atoms with Gasteiger partial charge < -0.3 is 0 Å². The molecule has 1 saturated carbocycles. The Morgan fingerprint density at radius 3 is 2.00 bits per heavy atom. The smallest absolute Gasteiger partial charge is 0.0290 e. The first-order valence-electron chi connectivity index (χ1n) is 10.9. The lowest BCUT2D eigenvalue weighted by Crippen LogP contribution is -2.45. The van der Waals surface area contributed by atoms with Crippen molar-refractivity contribution in [2.75, 3.05) is 0 Å². The average Bonchev–Trinajstić information content (AvgIpc) is 2.49. The molecule has 0 N–H and O–H groups in total. The van der Waals surface area contributed by atoms with Gasteiger partial charge in [-0.1, -0.05) is 99.8 Å². The van der Waals surface area contributed by atoms with Crippen molar-refractivity contribution < 1.29 is 0 Å². The molecular formula is C23H46. The first kappa shape index (κ1) is 21.0. The molecule has 0 nitrogen and oxygen atoms in total. The second kappa shape index (κ2) is 10.1. The molecule has 0 bridgehead atoms. The number of hydrogen-bond acceptors (Lipinski definition) is 0. The topological polar surface area (TPSA) is 0 Å². The number of rotatable bonds is 12. The van der Waals surface area contributed by atoms with Crippen molar-refractivity contribution in [2.45, 2.75) is 113 Å². The van der Waals surface area contributed by atoms with Crippen molar-refractivity contribution in [3.63, 3.8) is 0 Å². The van der Waals surface area contributed by atoms with Crippen LogP contribution in [0.5, 0.6) is 0 Å². The van der Waals surface area contributed by atoms with E-state index >= 15 is 0 Å². The van der Waals surface area contributed by atoms with E-state index in [1.54, 1.807) is 0 Å². The fourth-order valence-corrected chi connectivity index (χ4v) is 5.56. The monoisotopic (exact) mass is 322 g/mol. The van der Waals surface area contributed by atoms with Crippen molar-refractivity contribution in [1.82, 2.24) is 0 Å². The summed E-state index contributed by atoms with van der Waals surface area (Å²) < 4.78 is 0. The first-order chi connectivity index (χ1) is 10.9. The molecule has 0 aliphatic heterocycles. The van der Waals surface area contributed by atoms with Gasteiger partial charge >= 0.3 is 0 Å². The van der Waals surface area contributed by atoms with Gasteiger partial charge in [-0.3, -0.25) is 0 Å². The molecule has 0 saturated heterocycles. The molecule has 0 amide bonds. The second-order valence-corrected chi connectivity index (χ2v) is 9.38. The summed E-state index contributed by atoms with van der Waals surface area (Å²) in [5, 5.41) is 0. The molecule has 1 fully saturated rings. The molecule has 138 valence electrons. The van der Waals surface area contributed by atoms with E-state index in [1.165, 1.54) is 64.2 Å². The summed E-state index contributed by atoms with van der Waals surface area (Å²) in [5.41, 5.74) is 0.651. The van der Waals surface area contributed by atoms with Crippen LogP contribution in [-0.2, 0) is 0 Å². The highest BCUT2D eigenvalue weighted by molar-refractivity contribution is 4.97. The Labute approximate surface area is 148 Å². The van der Waals surface area contributed by atoms with E-state index in [-0.39, 0.29) is 0 Å². The molecule has 0 aromatic rings. The number of hydrogen-bond donors (Lipinski definition) is 0. The van der Waals surface area contributed by atoms with Gasteiger partial charge in [0.25, 0.3) is 0 Å². The molecule has 23 heavy (non-hydrogen) atoms. The van der Waals surface area contributed by atoms with Crippen LogP contribution in [0.15, 0.2) is 0 Å². The molecule has 0 aromatic heterocycles. The summed E-state index contributed by atoms with van der Waals surface area (Å²) in [6.07, 6.45) is 14.3. The average molecular weight is 323 g/mol. The summed E-state index contributed by atoms with van der Waals surface area (Å²) >= 11 is 0. The summed E-state index contributed by atoms with van der Waals surface area (Å²) in [5.74, 6) is 4.77. The summed E-state index contributed by atoms with van der Waals surface area (Å²) in [4.78, 5) is 0. The largest absolute Gasteiger partial charge is 0.0654 e. The molecule has 1 aliphatic rings. The minimum atomic E-state index is 0.651. The highest BCUT2D eigenvalue weighted by Crippen LogP contribution is 2.56. The van der Waals surface area contributed by atoms with Crippen molar-refractivity contribution in [2.24, 2.45) is 35.0 Å². The van der Waals surface area contributed by atoms with E-state index in [1.807, 2.05) is 0 Å². The second-order valence-electron chi connectivity index (χ2n) is 9.38. The van der Waals surface area contributed by atoms with Crippen LogP contribution < -0.4 is 0 Å². The molecule has 4 unspecified atom stereocenters. The van der Waals surface area contributed by atoms with E-state index in [4.69, 9.17) is 0 Å². The fourth-order valence-electron chi connectivity index (χ4n) is 5.56. The van der Waals surface area contributed by atoms with Gasteiger partial charge in [-0.15, -0.1) is 0 Å². The molecule has 0 aromatic carbocycles. The Bertz CT molecular complexity index is 299. The van der Waals surface area contributed by atoms with Crippen molar-refractivity contribution in [1.29, 1.82) is 0 Å². The molecule has 4 atom stereocenters. The van der Waals surface area contributed by atoms with Gasteiger partial charge in [0.05, 0.1) is 0 Å². The van der Waals surface area contributed by atoms with Gasteiger partial charge in [-0.05, 0) is 47.8 Å². The zero-order valence-electron chi connectivity index (χ0n) is 17.5. The quantitative estimate of drug-likeness (QED) is 0.318. The first-order valence-corrected chi connectivity index (χ1v) is 10.9. The lowest BCUT2D eigenvalue weighted by atomic mass is 9.51. The lowest BCUT2D eigenvalue weighted by molar-refractivity contribution is -0.0412. The zero-order chi connectivity index (χ0) is 17.5. The van der Waals surface area contributed by atoms with Gasteiger partial charge in [0.1, 0.15) is 0 Å². The normalized spacial score (nSPS) is 29.6. The maximum atomic E-state index is 2.60. The molecule has 0 heterocycles. The van der Waals surface area contributed by atoms with Crippen LogP contribution in [0.3, 0.4) is 0 Å². The predicted molar refractivity (Wildman–Crippen MR) is 106 cm³/mol. The van der Waals surface area contributed by atoms with E-state index in [0.717, 1.165) is 29.6 Å². The summed E-state index contributed by atoms with van der Waals surface area (Å²) in [6, 6.07) is 0. The van der Waals surface area contributed by atoms with Crippen LogP contribution in [-0.4, -0.2) is 0 Å². The SMILES string of the molecule is CCCC(C)CCCCC(C)C(CC)C1(C)CC(C(C)CC)C1. The van der Waals surface area contributed by atoms with Gasteiger partial charge in [0.2, 0.25) is 0 Å². The predicted octanol–water partition coefficient (Wildman–Crippen LogP) is 8.11. The minimum absolute atomic E-state index is 0.651. The van der Waals surface area contributed by atoms with Gasteiger partial charge in [0, 0.05) is 0 Å². The van der Waals surface area contributed by atoms with Crippen molar-refractivity contribution in [3.8, 4) is 0 Å². The molecule has 1 rings (SSSR count). The van der Waals surface area contributed by atoms with Gasteiger partial charge in [-0.2, -0.15) is 0 Å².